The molecule has 0 aliphatic heterocycles. The first kappa shape index (κ1) is 18.4. The summed E-state index contributed by atoms with van der Waals surface area (Å²) >= 11 is 3.19. The third-order valence-electron chi connectivity index (χ3n) is 4.26. The smallest absolute Gasteiger partial charge is 0.269 e. The highest BCUT2D eigenvalue weighted by Gasteiger charge is 2.14. The zero-order valence-electron chi connectivity index (χ0n) is 14.9. The summed E-state index contributed by atoms with van der Waals surface area (Å²) in [6.07, 6.45) is 1.58. The van der Waals surface area contributed by atoms with Gasteiger partial charge in [0.2, 0.25) is 0 Å². The van der Waals surface area contributed by atoms with E-state index in [2.05, 4.69) is 15.3 Å². The second kappa shape index (κ2) is 7.95. The molecule has 140 valence electrons. The summed E-state index contributed by atoms with van der Waals surface area (Å²) in [6, 6.07) is 14.5. The van der Waals surface area contributed by atoms with Crippen molar-refractivity contribution >= 4 is 39.0 Å². The Kier molecular flexibility index (Phi) is 5.23. The Bertz CT molecular complexity index is 1130. The van der Waals surface area contributed by atoms with E-state index in [0.29, 0.717) is 5.75 Å². The van der Waals surface area contributed by atoms with Crippen LogP contribution in [0.4, 0.5) is 5.69 Å². The predicted molar refractivity (Wildman–Crippen MR) is 112 cm³/mol. The van der Waals surface area contributed by atoms with Gasteiger partial charge in [0.1, 0.15) is 21.9 Å². The number of benzene rings is 2. The lowest BCUT2D eigenvalue weighted by molar-refractivity contribution is -0.384. The summed E-state index contributed by atoms with van der Waals surface area (Å²) in [7, 11) is 1.65. The van der Waals surface area contributed by atoms with Crippen molar-refractivity contribution in [3.8, 4) is 16.9 Å². The summed E-state index contributed by atoms with van der Waals surface area (Å²) in [5, 5.41) is 14.8. The maximum atomic E-state index is 10.8. The number of rotatable bonds is 6. The van der Waals surface area contributed by atoms with Crippen LogP contribution in [-0.2, 0) is 5.75 Å². The van der Waals surface area contributed by atoms with Crippen LogP contribution in [0.15, 0.2) is 65.3 Å². The van der Waals surface area contributed by atoms with Crippen molar-refractivity contribution in [3.63, 3.8) is 0 Å². The Morgan fingerprint density at radius 1 is 1.11 bits per heavy atom. The molecule has 0 aliphatic rings. The van der Waals surface area contributed by atoms with Crippen LogP contribution in [0.3, 0.4) is 0 Å². The van der Waals surface area contributed by atoms with Gasteiger partial charge in [0.25, 0.3) is 5.69 Å². The molecule has 0 atom stereocenters. The van der Waals surface area contributed by atoms with Crippen molar-refractivity contribution in [2.45, 2.75) is 10.8 Å². The minimum Gasteiger partial charge on any atom is -0.497 e. The first-order valence-corrected chi connectivity index (χ1v) is 10.2. The third kappa shape index (κ3) is 3.69. The second-order valence-electron chi connectivity index (χ2n) is 5.95. The highest BCUT2D eigenvalue weighted by Crippen LogP contribution is 2.39. The van der Waals surface area contributed by atoms with Crippen molar-refractivity contribution in [3.05, 3.63) is 75.9 Å². The molecule has 2 aromatic carbocycles. The highest BCUT2D eigenvalue weighted by atomic mass is 32.2. The van der Waals surface area contributed by atoms with Gasteiger partial charge in [-0.25, -0.2) is 9.97 Å². The number of thioether (sulfide) groups is 1. The zero-order valence-corrected chi connectivity index (χ0v) is 16.5. The van der Waals surface area contributed by atoms with Crippen LogP contribution >= 0.6 is 23.1 Å². The monoisotopic (exact) mass is 409 g/mol. The zero-order chi connectivity index (χ0) is 19.5. The van der Waals surface area contributed by atoms with E-state index in [1.165, 1.54) is 12.1 Å². The standard InChI is InChI=1S/C20H15N3O3S2/c1-26-16-8-4-14(5-9-16)17-11-28-20-18(17)19(21-12-22-20)27-10-13-2-6-15(7-3-13)23(24)25/h2-9,11-12H,10H2,1H3. The van der Waals surface area contributed by atoms with Gasteiger partial charge in [-0.15, -0.1) is 23.1 Å². The molecule has 0 unspecified atom stereocenters. The molecule has 0 bridgehead atoms. The van der Waals surface area contributed by atoms with E-state index in [1.54, 1.807) is 48.7 Å². The van der Waals surface area contributed by atoms with Crippen molar-refractivity contribution in [1.29, 1.82) is 0 Å². The largest absolute Gasteiger partial charge is 0.497 e. The number of thiophene rings is 1. The van der Waals surface area contributed by atoms with Gasteiger partial charge in [-0.3, -0.25) is 10.1 Å². The van der Waals surface area contributed by atoms with Crippen molar-refractivity contribution in [1.82, 2.24) is 9.97 Å². The third-order valence-corrected chi connectivity index (χ3v) is 6.21. The molecule has 28 heavy (non-hydrogen) atoms. The summed E-state index contributed by atoms with van der Waals surface area (Å²) in [6.45, 7) is 0. The van der Waals surface area contributed by atoms with Gasteiger partial charge >= 0.3 is 0 Å². The lowest BCUT2D eigenvalue weighted by atomic mass is 10.1. The van der Waals surface area contributed by atoms with E-state index in [4.69, 9.17) is 4.74 Å². The quantitative estimate of drug-likeness (QED) is 0.179. The first-order valence-electron chi connectivity index (χ1n) is 8.38. The minimum absolute atomic E-state index is 0.0952. The maximum Gasteiger partial charge on any atom is 0.269 e. The van der Waals surface area contributed by atoms with Gasteiger partial charge < -0.3 is 4.74 Å². The van der Waals surface area contributed by atoms with E-state index in [-0.39, 0.29) is 5.69 Å². The number of non-ortho nitro benzene ring substituents is 1. The van der Waals surface area contributed by atoms with Gasteiger partial charge in [-0.05, 0) is 23.3 Å². The highest BCUT2D eigenvalue weighted by molar-refractivity contribution is 7.98. The Hall–Kier alpha value is -2.97. The van der Waals surface area contributed by atoms with Crippen LogP contribution in [0, 0.1) is 10.1 Å². The molecule has 0 amide bonds. The number of fused-ring (bicyclic) bond motifs is 1. The van der Waals surface area contributed by atoms with Gasteiger partial charge in [0, 0.05) is 28.8 Å². The fourth-order valence-corrected chi connectivity index (χ4v) is 4.75. The molecule has 8 heteroatoms. The fraction of sp³-hybridized carbons (Fsp3) is 0.100. The Morgan fingerprint density at radius 3 is 2.54 bits per heavy atom. The molecule has 0 fully saturated rings. The predicted octanol–water partition coefficient (Wildman–Crippen LogP) is 5.57. The molecule has 2 aromatic heterocycles. The fourth-order valence-electron chi connectivity index (χ4n) is 2.81. The van der Waals surface area contributed by atoms with E-state index < -0.39 is 4.92 Å². The summed E-state index contributed by atoms with van der Waals surface area (Å²) in [5.41, 5.74) is 3.27. The molecule has 0 N–H and O–H groups in total. The van der Waals surface area contributed by atoms with Gasteiger partial charge in [0.15, 0.2) is 0 Å². The normalized spacial score (nSPS) is 10.9. The van der Waals surface area contributed by atoms with Crippen LogP contribution in [0.1, 0.15) is 5.56 Å². The van der Waals surface area contributed by atoms with Crippen LogP contribution < -0.4 is 4.74 Å². The van der Waals surface area contributed by atoms with E-state index in [0.717, 1.165) is 37.7 Å². The van der Waals surface area contributed by atoms with Crippen LogP contribution in [-0.4, -0.2) is 22.0 Å². The molecular weight excluding hydrogens is 394 g/mol. The molecule has 0 aliphatic carbocycles. The molecule has 0 radical (unpaired) electrons. The minimum atomic E-state index is -0.391. The van der Waals surface area contributed by atoms with Crippen LogP contribution in [0.5, 0.6) is 5.75 Å². The lowest BCUT2D eigenvalue weighted by Gasteiger charge is -2.06. The number of hydrogen-bond acceptors (Lipinski definition) is 7. The average molecular weight is 409 g/mol. The van der Waals surface area contributed by atoms with E-state index in [1.807, 2.05) is 24.3 Å². The van der Waals surface area contributed by atoms with E-state index in [9.17, 15) is 10.1 Å². The maximum absolute atomic E-state index is 10.8. The molecule has 0 spiro atoms. The molecule has 6 nitrogen and oxygen atoms in total. The Morgan fingerprint density at radius 2 is 1.86 bits per heavy atom. The SMILES string of the molecule is COc1ccc(-c2csc3ncnc(SCc4ccc([N+](=O)[O-])cc4)c23)cc1. The second-order valence-corrected chi connectivity index (χ2v) is 7.77. The molecular formula is C20H15N3O3S2. The molecule has 0 saturated heterocycles. The van der Waals surface area contributed by atoms with E-state index >= 15 is 0 Å². The molecule has 4 aromatic rings. The number of methoxy groups -OCH3 is 1. The summed E-state index contributed by atoms with van der Waals surface area (Å²) in [5.74, 6) is 1.48. The van der Waals surface area contributed by atoms with Crippen molar-refractivity contribution in [2.75, 3.05) is 7.11 Å². The number of ether oxygens (including phenoxy) is 1. The van der Waals surface area contributed by atoms with Gasteiger partial charge in [0.05, 0.1) is 17.4 Å². The lowest BCUT2D eigenvalue weighted by Crippen LogP contribution is -1.90. The van der Waals surface area contributed by atoms with Gasteiger partial charge in [-0.1, -0.05) is 24.3 Å². The topological polar surface area (TPSA) is 78.2 Å². The average Bonchev–Trinajstić information content (AvgIpc) is 3.17. The number of nitro groups is 1. The summed E-state index contributed by atoms with van der Waals surface area (Å²) < 4.78 is 5.24. The van der Waals surface area contributed by atoms with Crippen molar-refractivity contribution < 1.29 is 9.66 Å². The summed E-state index contributed by atoms with van der Waals surface area (Å²) in [4.78, 5) is 20.2. The Balaban J connectivity index is 1.63. The number of nitro benzene ring substituents is 1. The molecule has 2 heterocycles. The number of aromatic nitrogens is 2. The number of hydrogen-bond donors (Lipinski definition) is 0. The first-order chi connectivity index (χ1) is 13.7. The molecule has 4 rings (SSSR count). The molecule has 0 saturated carbocycles. The Labute approximate surface area is 169 Å². The van der Waals surface area contributed by atoms with Gasteiger partial charge in [-0.2, -0.15) is 0 Å². The number of nitrogens with zero attached hydrogens (tertiary/aromatic N) is 3. The van der Waals surface area contributed by atoms with Crippen molar-refractivity contribution in [2.24, 2.45) is 0 Å². The van der Waals surface area contributed by atoms with Crippen LogP contribution in [0.2, 0.25) is 0 Å². The van der Waals surface area contributed by atoms with Crippen LogP contribution in [0.25, 0.3) is 21.3 Å².